The Bertz CT molecular complexity index is 517. The molecule has 1 saturated carbocycles. The molecule has 2 aliphatic rings. The predicted octanol–water partition coefficient (Wildman–Crippen LogP) is 1.66. The summed E-state index contributed by atoms with van der Waals surface area (Å²) >= 11 is 0. The minimum atomic E-state index is -0.811. The number of benzene rings is 1. The highest BCUT2D eigenvalue weighted by molar-refractivity contribution is 5.78. The predicted molar refractivity (Wildman–Crippen MR) is 73.4 cm³/mol. The van der Waals surface area contributed by atoms with Crippen molar-refractivity contribution >= 4 is 12.0 Å². The maximum atomic E-state index is 12.1. The van der Waals surface area contributed by atoms with Crippen LogP contribution in [0, 0.1) is 5.92 Å². The Labute approximate surface area is 117 Å². The monoisotopic (exact) mass is 274 g/mol. The summed E-state index contributed by atoms with van der Waals surface area (Å²) in [5.74, 6) is -0.822. The van der Waals surface area contributed by atoms with E-state index in [4.69, 9.17) is 5.11 Å². The van der Waals surface area contributed by atoms with E-state index in [2.05, 4.69) is 17.4 Å². The van der Waals surface area contributed by atoms with Crippen molar-refractivity contribution in [3.05, 3.63) is 35.9 Å². The lowest BCUT2D eigenvalue weighted by molar-refractivity contribution is -0.141. The highest BCUT2D eigenvalue weighted by Gasteiger charge is 2.41. The molecule has 0 spiro atoms. The fourth-order valence-electron chi connectivity index (χ4n) is 2.82. The number of carbonyl (C=O) groups is 2. The van der Waals surface area contributed by atoms with E-state index in [9.17, 15) is 9.59 Å². The molecular weight excluding hydrogens is 256 g/mol. The van der Waals surface area contributed by atoms with Gasteiger partial charge in [-0.3, -0.25) is 4.79 Å². The van der Waals surface area contributed by atoms with Crippen LogP contribution in [0.5, 0.6) is 0 Å². The molecule has 1 saturated heterocycles. The number of urea groups is 1. The van der Waals surface area contributed by atoms with Gasteiger partial charge in [0.25, 0.3) is 0 Å². The average Bonchev–Trinajstić information content (AvgIpc) is 3.02. The maximum absolute atomic E-state index is 12.1. The zero-order valence-corrected chi connectivity index (χ0v) is 11.2. The van der Waals surface area contributed by atoms with Gasteiger partial charge in [0.1, 0.15) is 0 Å². The second kappa shape index (κ2) is 5.15. The van der Waals surface area contributed by atoms with Gasteiger partial charge >= 0.3 is 12.0 Å². The zero-order chi connectivity index (χ0) is 14.1. The molecule has 0 radical (unpaired) electrons. The fourth-order valence-corrected chi connectivity index (χ4v) is 2.82. The minimum Gasteiger partial charge on any atom is -0.481 e. The Morgan fingerprint density at radius 1 is 1.25 bits per heavy atom. The molecule has 2 amide bonds. The second-order valence-electron chi connectivity index (χ2n) is 5.58. The molecule has 106 valence electrons. The molecule has 2 N–H and O–H groups in total. The van der Waals surface area contributed by atoms with Crippen LogP contribution in [0.3, 0.4) is 0 Å². The van der Waals surface area contributed by atoms with Crippen molar-refractivity contribution in [3.63, 3.8) is 0 Å². The van der Waals surface area contributed by atoms with Crippen LogP contribution in [0.15, 0.2) is 30.3 Å². The number of carbonyl (C=O) groups excluding carboxylic acids is 1. The molecule has 2 fully saturated rings. The molecule has 0 aromatic heterocycles. The molecule has 3 atom stereocenters. The van der Waals surface area contributed by atoms with E-state index in [0.717, 1.165) is 6.42 Å². The first-order valence-electron chi connectivity index (χ1n) is 6.98. The first-order chi connectivity index (χ1) is 9.65. The number of likely N-dealkylation sites (tertiary alicyclic amines) is 1. The highest BCUT2D eigenvalue weighted by Crippen LogP contribution is 2.40. The second-order valence-corrected chi connectivity index (χ2v) is 5.58. The van der Waals surface area contributed by atoms with Gasteiger partial charge < -0.3 is 15.3 Å². The third-order valence-electron chi connectivity index (χ3n) is 4.15. The average molecular weight is 274 g/mol. The van der Waals surface area contributed by atoms with Crippen molar-refractivity contribution in [2.45, 2.75) is 24.8 Å². The van der Waals surface area contributed by atoms with Gasteiger partial charge in [-0.1, -0.05) is 30.3 Å². The number of carboxylic acid groups (broad SMARTS) is 1. The van der Waals surface area contributed by atoms with Crippen LogP contribution in [-0.4, -0.2) is 41.1 Å². The Hall–Kier alpha value is -2.04. The first-order valence-corrected chi connectivity index (χ1v) is 6.98. The van der Waals surface area contributed by atoms with E-state index in [-0.39, 0.29) is 12.1 Å². The molecule has 1 heterocycles. The standard InChI is InChI=1S/C15H18N2O3/c18-14(19)11-6-7-17(9-11)15(20)16-13-8-12(13)10-4-2-1-3-5-10/h1-5,11-13H,6-9H2,(H,16,20)(H,18,19). The Kier molecular flexibility index (Phi) is 3.34. The summed E-state index contributed by atoms with van der Waals surface area (Å²) in [5.41, 5.74) is 1.25. The van der Waals surface area contributed by atoms with Gasteiger partial charge in [0.05, 0.1) is 5.92 Å². The number of hydrogen-bond donors (Lipinski definition) is 2. The van der Waals surface area contributed by atoms with E-state index in [1.807, 2.05) is 18.2 Å². The number of nitrogens with zero attached hydrogens (tertiary/aromatic N) is 1. The lowest BCUT2D eigenvalue weighted by Crippen LogP contribution is -2.40. The topological polar surface area (TPSA) is 69.6 Å². The fraction of sp³-hybridized carbons (Fsp3) is 0.467. The van der Waals surface area contributed by atoms with Crippen LogP contribution < -0.4 is 5.32 Å². The van der Waals surface area contributed by atoms with E-state index in [0.29, 0.717) is 25.4 Å². The summed E-state index contributed by atoms with van der Waals surface area (Å²) in [6.45, 7) is 0.857. The van der Waals surface area contributed by atoms with Crippen molar-refractivity contribution in [3.8, 4) is 0 Å². The highest BCUT2D eigenvalue weighted by atomic mass is 16.4. The number of rotatable bonds is 3. The molecule has 1 aromatic carbocycles. The molecule has 1 aliphatic carbocycles. The summed E-state index contributed by atoms with van der Waals surface area (Å²) in [6, 6.07) is 10.2. The summed E-state index contributed by atoms with van der Waals surface area (Å²) in [4.78, 5) is 24.6. The van der Waals surface area contributed by atoms with E-state index in [1.165, 1.54) is 5.56 Å². The van der Waals surface area contributed by atoms with E-state index >= 15 is 0 Å². The molecule has 0 bridgehead atoms. The Morgan fingerprint density at radius 2 is 2.00 bits per heavy atom. The van der Waals surface area contributed by atoms with Crippen molar-refractivity contribution in [2.75, 3.05) is 13.1 Å². The van der Waals surface area contributed by atoms with Crippen LogP contribution in [0.25, 0.3) is 0 Å². The molecule has 1 aliphatic heterocycles. The zero-order valence-electron chi connectivity index (χ0n) is 11.2. The van der Waals surface area contributed by atoms with Crippen LogP contribution in [0.4, 0.5) is 4.79 Å². The van der Waals surface area contributed by atoms with Gasteiger partial charge in [-0.25, -0.2) is 4.79 Å². The summed E-state index contributed by atoms with van der Waals surface area (Å²) in [6.07, 6.45) is 1.52. The molecule has 3 unspecified atom stereocenters. The Balaban J connectivity index is 1.51. The summed E-state index contributed by atoms with van der Waals surface area (Å²) in [7, 11) is 0. The first kappa shape index (κ1) is 13.0. The molecule has 5 nitrogen and oxygen atoms in total. The molecule has 3 rings (SSSR count). The van der Waals surface area contributed by atoms with Gasteiger partial charge in [0.15, 0.2) is 0 Å². The van der Waals surface area contributed by atoms with Crippen molar-refractivity contribution in [2.24, 2.45) is 5.92 Å². The largest absolute Gasteiger partial charge is 0.481 e. The van der Waals surface area contributed by atoms with Gasteiger partial charge in [-0.05, 0) is 18.4 Å². The van der Waals surface area contributed by atoms with E-state index in [1.54, 1.807) is 4.90 Å². The van der Waals surface area contributed by atoms with Crippen LogP contribution in [0.1, 0.15) is 24.3 Å². The third-order valence-corrected chi connectivity index (χ3v) is 4.15. The van der Waals surface area contributed by atoms with Gasteiger partial charge in [0.2, 0.25) is 0 Å². The number of nitrogens with one attached hydrogen (secondary N) is 1. The molecule has 1 aromatic rings. The van der Waals surface area contributed by atoms with Crippen molar-refractivity contribution < 1.29 is 14.7 Å². The number of amides is 2. The van der Waals surface area contributed by atoms with Crippen molar-refractivity contribution in [1.29, 1.82) is 0 Å². The van der Waals surface area contributed by atoms with Crippen molar-refractivity contribution in [1.82, 2.24) is 10.2 Å². The SMILES string of the molecule is O=C(O)C1CCN(C(=O)NC2CC2c2ccccc2)C1. The number of hydrogen-bond acceptors (Lipinski definition) is 2. The lowest BCUT2D eigenvalue weighted by Gasteiger charge is -2.16. The number of aliphatic carboxylic acids is 1. The maximum Gasteiger partial charge on any atom is 0.317 e. The molecular formula is C15H18N2O3. The van der Waals surface area contributed by atoms with Gasteiger partial charge in [-0.15, -0.1) is 0 Å². The smallest absolute Gasteiger partial charge is 0.317 e. The van der Waals surface area contributed by atoms with Gasteiger partial charge in [-0.2, -0.15) is 0 Å². The van der Waals surface area contributed by atoms with Crippen LogP contribution >= 0.6 is 0 Å². The quantitative estimate of drug-likeness (QED) is 0.880. The number of carboxylic acids is 1. The Morgan fingerprint density at radius 3 is 2.65 bits per heavy atom. The van der Waals surface area contributed by atoms with E-state index < -0.39 is 11.9 Å². The summed E-state index contributed by atoms with van der Waals surface area (Å²) in [5, 5.41) is 11.9. The van der Waals surface area contributed by atoms with Crippen LogP contribution in [-0.2, 0) is 4.79 Å². The molecule has 5 heteroatoms. The molecule has 20 heavy (non-hydrogen) atoms. The lowest BCUT2D eigenvalue weighted by atomic mass is 10.1. The summed E-state index contributed by atoms with van der Waals surface area (Å²) < 4.78 is 0. The third kappa shape index (κ3) is 2.61. The van der Waals surface area contributed by atoms with Gasteiger partial charge in [0, 0.05) is 25.0 Å². The minimum absolute atomic E-state index is 0.128. The normalized spacial score (nSPS) is 28.2. The van der Waals surface area contributed by atoms with Crippen LogP contribution in [0.2, 0.25) is 0 Å².